The van der Waals surface area contributed by atoms with Gasteiger partial charge in [-0.1, -0.05) is 45.0 Å². The van der Waals surface area contributed by atoms with Crippen molar-refractivity contribution in [3.63, 3.8) is 0 Å². The van der Waals surface area contributed by atoms with E-state index in [4.69, 9.17) is 4.74 Å². The van der Waals surface area contributed by atoms with Gasteiger partial charge in [-0.2, -0.15) is 0 Å². The maximum absolute atomic E-state index is 12.3. The van der Waals surface area contributed by atoms with Crippen LogP contribution in [-0.4, -0.2) is 22.8 Å². The molecule has 0 unspecified atom stereocenters. The molecule has 0 aliphatic heterocycles. The van der Waals surface area contributed by atoms with E-state index in [-0.39, 0.29) is 17.1 Å². The molecule has 0 aliphatic rings. The Kier molecular flexibility index (Phi) is 4.53. The minimum Gasteiger partial charge on any atom is -0.508 e. The zero-order valence-electron chi connectivity index (χ0n) is 16.0. The van der Waals surface area contributed by atoms with Crippen molar-refractivity contribution in [1.82, 2.24) is 4.57 Å². The largest absolute Gasteiger partial charge is 0.508 e. The number of carbonyl (C=O) groups excluding carboxylic acids is 1. The van der Waals surface area contributed by atoms with E-state index in [1.54, 1.807) is 12.1 Å². The van der Waals surface area contributed by atoms with Gasteiger partial charge in [0.1, 0.15) is 5.75 Å². The Morgan fingerprint density at radius 3 is 2.35 bits per heavy atom. The smallest absolute Gasteiger partial charge is 0.340 e. The van der Waals surface area contributed by atoms with Crippen molar-refractivity contribution in [3.05, 3.63) is 64.8 Å². The Balaban J connectivity index is 2.08. The lowest BCUT2D eigenvalue weighted by Crippen LogP contribution is -2.11. The first-order valence-electron chi connectivity index (χ1n) is 8.72. The highest BCUT2D eigenvalue weighted by Gasteiger charge is 2.21. The van der Waals surface area contributed by atoms with Crippen LogP contribution >= 0.6 is 0 Å². The van der Waals surface area contributed by atoms with Crippen LogP contribution in [0.4, 0.5) is 0 Å². The normalized spacial score (nSPS) is 11.7. The molecule has 0 amide bonds. The van der Waals surface area contributed by atoms with Crippen LogP contribution in [0.3, 0.4) is 0 Å². The van der Waals surface area contributed by atoms with Crippen molar-refractivity contribution >= 4 is 16.9 Å². The molecule has 0 bridgehead atoms. The lowest BCUT2D eigenvalue weighted by atomic mass is 9.87. The predicted molar refractivity (Wildman–Crippen MR) is 104 cm³/mol. The van der Waals surface area contributed by atoms with Gasteiger partial charge in [0.05, 0.1) is 12.7 Å². The van der Waals surface area contributed by atoms with Crippen molar-refractivity contribution in [3.8, 4) is 5.75 Å². The molecule has 3 aromatic rings. The summed E-state index contributed by atoms with van der Waals surface area (Å²) in [6, 6.07) is 13.7. The van der Waals surface area contributed by atoms with Gasteiger partial charge in [-0.3, -0.25) is 0 Å². The van der Waals surface area contributed by atoms with Crippen LogP contribution in [0, 0.1) is 6.92 Å². The maximum atomic E-state index is 12.3. The molecule has 26 heavy (non-hydrogen) atoms. The molecule has 1 heterocycles. The van der Waals surface area contributed by atoms with Crippen LogP contribution in [0.5, 0.6) is 5.75 Å². The number of rotatable bonds is 3. The summed E-state index contributed by atoms with van der Waals surface area (Å²) in [5, 5.41) is 10.6. The minimum absolute atomic E-state index is 0.115. The standard InChI is InChI=1S/C22H25NO3/c1-14-20(21(25)26-5)18-12-17(24)10-11-19(18)23(14)13-15-6-8-16(9-7-15)22(2,3)4/h6-12,24H,13H2,1-5H3. The number of hydrogen-bond acceptors (Lipinski definition) is 3. The van der Waals surface area contributed by atoms with E-state index in [2.05, 4.69) is 49.6 Å². The van der Waals surface area contributed by atoms with Gasteiger partial charge < -0.3 is 14.4 Å². The number of hydrogen-bond donors (Lipinski definition) is 1. The molecular formula is C22H25NO3. The molecule has 4 nitrogen and oxygen atoms in total. The highest BCUT2D eigenvalue weighted by molar-refractivity contribution is 6.06. The number of carbonyl (C=O) groups is 1. The third-order valence-electron chi connectivity index (χ3n) is 4.86. The fourth-order valence-electron chi connectivity index (χ4n) is 3.33. The average Bonchev–Trinajstić information content (AvgIpc) is 2.85. The molecule has 0 saturated heterocycles. The topological polar surface area (TPSA) is 51.5 Å². The number of aromatic nitrogens is 1. The number of ether oxygens (including phenoxy) is 1. The first-order chi connectivity index (χ1) is 12.2. The molecule has 0 atom stereocenters. The van der Waals surface area contributed by atoms with E-state index >= 15 is 0 Å². The number of phenols is 1. The molecule has 2 aromatic carbocycles. The van der Waals surface area contributed by atoms with Crippen molar-refractivity contribution in [1.29, 1.82) is 0 Å². The summed E-state index contributed by atoms with van der Waals surface area (Å²) in [7, 11) is 1.37. The van der Waals surface area contributed by atoms with Crippen LogP contribution in [0.1, 0.15) is 48.0 Å². The van der Waals surface area contributed by atoms with Gasteiger partial charge in [0.25, 0.3) is 0 Å². The zero-order valence-corrected chi connectivity index (χ0v) is 16.0. The van der Waals surface area contributed by atoms with E-state index in [0.29, 0.717) is 17.5 Å². The molecule has 4 heteroatoms. The second-order valence-corrected chi connectivity index (χ2v) is 7.69. The van der Waals surface area contributed by atoms with E-state index in [1.165, 1.54) is 12.7 Å². The summed E-state index contributed by atoms with van der Waals surface area (Å²) >= 11 is 0. The van der Waals surface area contributed by atoms with Gasteiger partial charge in [-0.25, -0.2) is 4.79 Å². The van der Waals surface area contributed by atoms with Crippen molar-refractivity contribution in [2.45, 2.75) is 39.7 Å². The Morgan fingerprint density at radius 1 is 1.12 bits per heavy atom. The van der Waals surface area contributed by atoms with Crippen molar-refractivity contribution in [2.75, 3.05) is 7.11 Å². The molecule has 0 fully saturated rings. The highest BCUT2D eigenvalue weighted by atomic mass is 16.5. The molecule has 1 aromatic heterocycles. The molecular weight excluding hydrogens is 326 g/mol. The van der Waals surface area contributed by atoms with Gasteiger partial charge in [0.2, 0.25) is 0 Å². The summed E-state index contributed by atoms with van der Waals surface area (Å²) in [4.78, 5) is 12.3. The maximum Gasteiger partial charge on any atom is 0.340 e. The molecule has 136 valence electrons. The molecule has 0 saturated carbocycles. The van der Waals surface area contributed by atoms with Gasteiger partial charge in [0.15, 0.2) is 0 Å². The molecule has 0 aliphatic carbocycles. The Morgan fingerprint density at radius 2 is 1.77 bits per heavy atom. The average molecular weight is 351 g/mol. The predicted octanol–water partition coefficient (Wildman–Crippen LogP) is 4.79. The van der Waals surface area contributed by atoms with Crippen LogP contribution in [0.15, 0.2) is 42.5 Å². The van der Waals surface area contributed by atoms with E-state index in [9.17, 15) is 9.90 Å². The third kappa shape index (κ3) is 3.19. The van der Waals surface area contributed by atoms with Gasteiger partial charge in [0, 0.05) is 23.1 Å². The summed E-state index contributed by atoms with van der Waals surface area (Å²) in [6.45, 7) is 9.14. The Hall–Kier alpha value is -2.75. The molecule has 1 N–H and O–H groups in total. The Labute approximate surface area is 154 Å². The minimum atomic E-state index is -0.389. The monoisotopic (exact) mass is 351 g/mol. The van der Waals surface area contributed by atoms with Crippen LogP contribution in [0.2, 0.25) is 0 Å². The van der Waals surface area contributed by atoms with Gasteiger partial charge in [-0.05, 0) is 41.7 Å². The summed E-state index contributed by atoms with van der Waals surface area (Å²) in [5.41, 5.74) is 4.80. The SMILES string of the molecule is COC(=O)c1c(C)n(Cc2ccc(C(C)(C)C)cc2)c2ccc(O)cc12. The summed E-state index contributed by atoms with van der Waals surface area (Å²) in [6.07, 6.45) is 0. The lowest BCUT2D eigenvalue weighted by molar-refractivity contribution is 0.0602. The number of aromatic hydroxyl groups is 1. The fourth-order valence-corrected chi connectivity index (χ4v) is 3.33. The first kappa shape index (κ1) is 18.1. The molecule has 3 rings (SSSR count). The molecule has 0 radical (unpaired) electrons. The van der Waals surface area contributed by atoms with Crippen LogP contribution in [-0.2, 0) is 16.7 Å². The third-order valence-corrected chi connectivity index (χ3v) is 4.86. The number of nitrogens with zero attached hydrogens (tertiary/aromatic N) is 1. The van der Waals surface area contributed by atoms with Crippen molar-refractivity contribution < 1.29 is 14.6 Å². The second-order valence-electron chi connectivity index (χ2n) is 7.69. The van der Waals surface area contributed by atoms with Crippen LogP contribution < -0.4 is 0 Å². The Bertz CT molecular complexity index is 960. The van der Waals surface area contributed by atoms with Gasteiger partial charge in [-0.15, -0.1) is 0 Å². The van der Waals surface area contributed by atoms with E-state index < -0.39 is 0 Å². The first-order valence-corrected chi connectivity index (χ1v) is 8.72. The van der Waals surface area contributed by atoms with Crippen molar-refractivity contribution in [2.24, 2.45) is 0 Å². The van der Waals surface area contributed by atoms with E-state index in [1.807, 2.05) is 13.0 Å². The zero-order chi connectivity index (χ0) is 19.1. The van der Waals surface area contributed by atoms with E-state index in [0.717, 1.165) is 16.8 Å². The summed E-state index contributed by atoms with van der Waals surface area (Å²) in [5.74, 6) is -0.255. The number of methoxy groups -OCH3 is 1. The molecule has 0 spiro atoms. The number of phenolic OH excluding ortho intramolecular Hbond substituents is 1. The lowest BCUT2D eigenvalue weighted by Gasteiger charge is -2.19. The summed E-state index contributed by atoms with van der Waals surface area (Å²) < 4.78 is 7.04. The fraction of sp³-hybridized carbons (Fsp3) is 0.318. The van der Waals surface area contributed by atoms with Gasteiger partial charge >= 0.3 is 5.97 Å². The number of esters is 1. The quantitative estimate of drug-likeness (QED) is 0.690. The second kappa shape index (κ2) is 6.52. The number of fused-ring (bicyclic) bond motifs is 1. The highest BCUT2D eigenvalue weighted by Crippen LogP contribution is 2.30. The van der Waals surface area contributed by atoms with Crippen LogP contribution in [0.25, 0.3) is 10.9 Å². The number of benzene rings is 2.